The minimum atomic E-state index is 0.319. The third-order valence-electron chi connectivity index (χ3n) is 1.60. The molecule has 1 N–H and O–H groups in total. The zero-order valence-electron chi connectivity index (χ0n) is 6.91. The minimum absolute atomic E-state index is 0.319. The molecule has 1 rings (SSSR count). The van der Waals surface area contributed by atoms with E-state index in [2.05, 4.69) is 5.10 Å². The van der Waals surface area contributed by atoms with Gasteiger partial charge in [0.05, 0.1) is 6.20 Å². The molecule has 0 radical (unpaired) electrons. The van der Waals surface area contributed by atoms with Crippen molar-refractivity contribution in [2.75, 3.05) is 0 Å². The lowest BCUT2D eigenvalue weighted by atomic mass is 10.1. The average Bonchev–Trinajstić information content (AvgIpc) is 2.35. The van der Waals surface area contributed by atoms with Crippen molar-refractivity contribution in [1.82, 2.24) is 9.78 Å². The number of aryl methyl sites for hydroxylation is 1. The van der Waals surface area contributed by atoms with Crippen molar-refractivity contribution in [3.63, 3.8) is 0 Å². The zero-order valence-corrected chi connectivity index (χ0v) is 6.91. The van der Waals surface area contributed by atoms with Crippen LogP contribution >= 0.6 is 0 Å². The van der Waals surface area contributed by atoms with E-state index in [1.165, 1.54) is 11.8 Å². The first-order valence-corrected chi connectivity index (χ1v) is 3.70. The molecule has 1 atom stereocenters. The van der Waals surface area contributed by atoms with Crippen molar-refractivity contribution in [1.29, 1.82) is 5.41 Å². The normalized spacial score (nSPS) is 12.9. The van der Waals surface area contributed by atoms with E-state index in [1.807, 2.05) is 26.4 Å². The molecule has 1 aromatic heterocycles. The van der Waals surface area contributed by atoms with Crippen molar-refractivity contribution < 1.29 is 0 Å². The Kier molecular flexibility index (Phi) is 2.41. The number of nitrogens with zero attached hydrogens (tertiary/aromatic N) is 2. The molecule has 0 aromatic carbocycles. The summed E-state index contributed by atoms with van der Waals surface area (Å²) in [5, 5.41) is 11.1. The lowest BCUT2D eigenvalue weighted by Crippen LogP contribution is -1.98. The number of hydrogen-bond acceptors (Lipinski definition) is 2. The van der Waals surface area contributed by atoms with Crippen molar-refractivity contribution in [2.24, 2.45) is 13.0 Å². The van der Waals surface area contributed by atoms with Crippen LogP contribution in [0.1, 0.15) is 12.5 Å². The quantitative estimate of drug-likeness (QED) is 0.649. The van der Waals surface area contributed by atoms with Crippen molar-refractivity contribution in [3.8, 4) is 0 Å². The van der Waals surface area contributed by atoms with Gasteiger partial charge in [-0.3, -0.25) is 4.68 Å². The van der Waals surface area contributed by atoms with Gasteiger partial charge in [0, 0.05) is 13.2 Å². The van der Waals surface area contributed by atoms with Gasteiger partial charge in [-0.05, 0) is 24.1 Å². The highest BCUT2D eigenvalue weighted by Crippen LogP contribution is 2.04. The predicted molar refractivity (Wildman–Crippen MR) is 44.9 cm³/mol. The molecule has 0 saturated carbocycles. The molecule has 0 saturated heterocycles. The Balaban J connectivity index is 2.57. The van der Waals surface area contributed by atoms with E-state index < -0.39 is 0 Å². The van der Waals surface area contributed by atoms with Crippen molar-refractivity contribution >= 4 is 6.21 Å². The highest BCUT2D eigenvalue weighted by atomic mass is 15.2. The Morgan fingerprint density at radius 3 is 3.00 bits per heavy atom. The standard InChI is InChI=1S/C8H13N3/c1-7(4-9)3-8-5-10-11(2)6-8/h4-7,9H,3H2,1-2H3. The number of nitrogens with one attached hydrogen (secondary N) is 1. The van der Waals surface area contributed by atoms with Gasteiger partial charge in [0.25, 0.3) is 0 Å². The lowest BCUT2D eigenvalue weighted by Gasteiger charge is -1.99. The van der Waals surface area contributed by atoms with Crippen LogP contribution in [0.25, 0.3) is 0 Å². The Hall–Kier alpha value is -1.12. The number of hydrogen-bond donors (Lipinski definition) is 1. The van der Waals surface area contributed by atoms with E-state index in [9.17, 15) is 0 Å². The first-order valence-electron chi connectivity index (χ1n) is 3.70. The van der Waals surface area contributed by atoms with Gasteiger partial charge in [-0.25, -0.2) is 0 Å². The molecular formula is C8H13N3. The largest absolute Gasteiger partial charge is 0.313 e. The van der Waals surface area contributed by atoms with Crippen LogP contribution in [-0.2, 0) is 13.5 Å². The van der Waals surface area contributed by atoms with Crippen LogP contribution in [0, 0.1) is 11.3 Å². The van der Waals surface area contributed by atoms with E-state index in [0.29, 0.717) is 5.92 Å². The molecule has 1 aromatic rings. The molecule has 1 unspecified atom stereocenters. The summed E-state index contributed by atoms with van der Waals surface area (Å²) in [5.41, 5.74) is 1.20. The topological polar surface area (TPSA) is 41.7 Å². The molecule has 3 nitrogen and oxygen atoms in total. The molecule has 0 bridgehead atoms. The number of rotatable bonds is 3. The summed E-state index contributed by atoms with van der Waals surface area (Å²) in [6.45, 7) is 2.03. The molecule has 11 heavy (non-hydrogen) atoms. The SMILES string of the molecule is CC(C=N)Cc1cnn(C)c1. The second-order valence-corrected chi connectivity index (χ2v) is 2.87. The summed E-state index contributed by atoms with van der Waals surface area (Å²) in [4.78, 5) is 0. The first kappa shape index (κ1) is 7.98. The van der Waals surface area contributed by atoms with Crippen molar-refractivity contribution in [3.05, 3.63) is 18.0 Å². The molecule has 0 aliphatic carbocycles. The van der Waals surface area contributed by atoms with Gasteiger partial charge >= 0.3 is 0 Å². The summed E-state index contributed by atoms with van der Waals surface area (Å²) < 4.78 is 1.78. The Bertz CT molecular complexity index is 239. The summed E-state index contributed by atoms with van der Waals surface area (Å²) >= 11 is 0. The van der Waals surface area contributed by atoms with Gasteiger partial charge in [-0.1, -0.05) is 6.92 Å². The molecule has 0 amide bonds. The Labute approximate surface area is 66.5 Å². The molecule has 0 spiro atoms. The van der Waals surface area contributed by atoms with Gasteiger partial charge in [0.2, 0.25) is 0 Å². The summed E-state index contributed by atoms with van der Waals surface area (Å²) in [5.74, 6) is 0.319. The average molecular weight is 151 g/mol. The van der Waals surface area contributed by atoms with Crippen LogP contribution in [0.2, 0.25) is 0 Å². The van der Waals surface area contributed by atoms with E-state index in [4.69, 9.17) is 5.41 Å². The second kappa shape index (κ2) is 3.32. The maximum atomic E-state index is 7.01. The molecule has 60 valence electrons. The fourth-order valence-corrected chi connectivity index (χ4v) is 1.01. The second-order valence-electron chi connectivity index (χ2n) is 2.87. The Morgan fingerprint density at radius 2 is 2.55 bits per heavy atom. The number of aromatic nitrogens is 2. The third-order valence-corrected chi connectivity index (χ3v) is 1.60. The summed E-state index contributed by atoms with van der Waals surface area (Å²) in [6, 6.07) is 0. The van der Waals surface area contributed by atoms with Gasteiger partial charge in [-0.15, -0.1) is 0 Å². The van der Waals surface area contributed by atoms with Crippen LogP contribution < -0.4 is 0 Å². The van der Waals surface area contributed by atoms with E-state index in [1.54, 1.807) is 4.68 Å². The highest BCUT2D eigenvalue weighted by molar-refractivity contribution is 5.56. The fourth-order valence-electron chi connectivity index (χ4n) is 1.01. The molecule has 0 aliphatic rings. The third kappa shape index (κ3) is 2.18. The zero-order chi connectivity index (χ0) is 8.27. The summed E-state index contributed by atoms with van der Waals surface area (Å²) in [7, 11) is 1.90. The predicted octanol–water partition coefficient (Wildman–Crippen LogP) is 1.25. The van der Waals surface area contributed by atoms with Crippen LogP contribution in [0.15, 0.2) is 12.4 Å². The van der Waals surface area contributed by atoms with Crippen molar-refractivity contribution in [2.45, 2.75) is 13.3 Å². The molecule has 0 fully saturated rings. The summed E-state index contributed by atoms with van der Waals surface area (Å²) in [6.07, 6.45) is 6.21. The smallest absolute Gasteiger partial charge is 0.0521 e. The molecule has 1 heterocycles. The van der Waals surface area contributed by atoms with Crippen LogP contribution in [0.5, 0.6) is 0 Å². The molecular weight excluding hydrogens is 138 g/mol. The van der Waals surface area contributed by atoms with E-state index in [-0.39, 0.29) is 0 Å². The highest BCUT2D eigenvalue weighted by Gasteiger charge is 2.00. The fraction of sp³-hybridized carbons (Fsp3) is 0.500. The lowest BCUT2D eigenvalue weighted by molar-refractivity contribution is 0.759. The van der Waals surface area contributed by atoms with E-state index >= 15 is 0 Å². The first-order chi connectivity index (χ1) is 5.22. The minimum Gasteiger partial charge on any atom is -0.313 e. The van der Waals surface area contributed by atoms with Gasteiger partial charge in [0.1, 0.15) is 0 Å². The van der Waals surface area contributed by atoms with Crippen LogP contribution in [-0.4, -0.2) is 16.0 Å². The maximum absolute atomic E-state index is 7.01. The Morgan fingerprint density at radius 1 is 1.82 bits per heavy atom. The van der Waals surface area contributed by atoms with Gasteiger partial charge in [0.15, 0.2) is 0 Å². The monoisotopic (exact) mass is 151 g/mol. The van der Waals surface area contributed by atoms with E-state index in [0.717, 1.165) is 6.42 Å². The van der Waals surface area contributed by atoms with Gasteiger partial charge in [-0.2, -0.15) is 5.10 Å². The maximum Gasteiger partial charge on any atom is 0.0521 e. The van der Waals surface area contributed by atoms with Crippen LogP contribution in [0.4, 0.5) is 0 Å². The van der Waals surface area contributed by atoms with Gasteiger partial charge < -0.3 is 5.41 Å². The molecule has 0 aliphatic heterocycles. The van der Waals surface area contributed by atoms with Crippen LogP contribution in [0.3, 0.4) is 0 Å². The molecule has 3 heteroatoms.